The molecule has 3 aromatic rings. The van der Waals surface area contributed by atoms with Gasteiger partial charge in [-0.2, -0.15) is 0 Å². The monoisotopic (exact) mass is 328 g/mol. The van der Waals surface area contributed by atoms with E-state index >= 15 is 0 Å². The number of hydrogen-bond donors (Lipinski definition) is 1. The molecule has 3 nitrogen and oxygen atoms in total. The number of fused-ring (bicyclic) bond motifs is 1. The molecule has 0 aliphatic heterocycles. The fourth-order valence-electron chi connectivity index (χ4n) is 2.18. The standard InChI is InChI=1S/C17H16N2OS2/c1-11(2)13-6-3-7-14-16(13)19-17(22-14)18-15(20)9-8-12-5-4-10-21-12/h3-11H,1-2H3,(H,18,19,20)/b9-8+. The largest absolute Gasteiger partial charge is 0.298 e. The molecule has 1 aromatic carbocycles. The fourth-order valence-corrected chi connectivity index (χ4v) is 3.70. The molecular formula is C17H16N2OS2. The fraction of sp³-hybridized carbons (Fsp3) is 0.176. The molecule has 112 valence electrons. The molecule has 0 saturated heterocycles. The summed E-state index contributed by atoms with van der Waals surface area (Å²) < 4.78 is 1.10. The average Bonchev–Trinajstić information content (AvgIpc) is 3.13. The molecule has 2 aromatic heterocycles. The van der Waals surface area contributed by atoms with Gasteiger partial charge in [-0.15, -0.1) is 11.3 Å². The molecular weight excluding hydrogens is 312 g/mol. The van der Waals surface area contributed by atoms with E-state index in [9.17, 15) is 4.79 Å². The van der Waals surface area contributed by atoms with E-state index in [1.807, 2.05) is 35.7 Å². The van der Waals surface area contributed by atoms with Crippen molar-refractivity contribution in [2.75, 3.05) is 5.32 Å². The van der Waals surface area contributed by atoms with Gasteiger partial charge in [-0.1, -0.05) is 43.4 Å². The minimum atomic E-state index is -0.154. The number of amides is 1. The molecule has 1 amide bonds. The van der Waals surface area contributed by atoms with Gasteiger partial charge in [-0.05, 0) is 35.1 Å². The van der Waals surface area contributed by atoms with Crippen LogP contribution in [0, 0.1) is 0 Å². The van der Waals surface area contributed by atoms with Crippen LogP contribution in [0.15, 0.2) is 41.8 Å². The minimum absolute atomic E-state index is 0.154. The molecule has 3 rings (SSSR count). The van der Waals surface area contributed by atoms with Gasteiger partial charge in [-0.25, -0.2) is 4.98 Å². The lowest BCUT2D eigenvalue weighted by atomic mass is 10.0. The molecule has 5 heteroatoms. The Bertz CT molecular complexity index is 816. The summed E-state index contributed by atoms with van der Waals surface area (Å²) in [6.45, 7) is 4.30. The summed E-state index contributed by atoms with van der Waals surface area (Å²) in [7, 11) is 0. The third-order valence-corrected chi connectivity index (χ3v) is 5.02. The predicted octanol–water partition coefficient (Wildman–Crippen LogP) is 5.13. The highest BCUT2D eigenvalue weighted by Gasteiger charge is 2.11. The van der Waals surface area contributed by atoms with Crippen LogP contribution in [-0.2, 0) is 4.79 Å². The average molecular weight is 328 g/mol. The molecule has 22 heavy (non-hydrogen) atoms. The molecule has 0 fully saturated rings. The van der Waals surface area contributed by atoms with Gasteiger partial charge in [0.2, 0.25) is 5.91 Å². The van der Waals surface area contributed by atoms with Gasteiger partial charge in [0.1, 0.15) is 0 Å². The van der Waals surface area contributed by atoms with Crippen molar-refractivity contribution in [1.29, 1.82) is 0 Å². The first-order valence-electron chi connectivity index (χ1n) is 7.05. The first-order chi connectivity index (χ1) is 10.6. The number of nitrogens with one attached hydrogen (secondary N) is 1. The Morgan fingerprint density at radius 2 is 2.14 bits per heavy atom. The van der Waals surface area contributed by atoms with Crippen LogP contribution in [0.5, 0.6) is 0 Å². The summed E-state index contributed by atoms with van der Waals surface area (Å²) in [6.07, 6.45) is 3.36. The molecule has 0 aliphatic carbocycles. The van der Waals surface area contributed by atoms with Crippen LogP contribution >= 0.6 is 22.7 Å². The highest BCUT2D eigenvalue weighted by atomic mass is 32.1. The SMILES string of the molecule is CC(C)c1cccc2sc(NC(=O)/C=C/c3cccs3)nc12. The van der Waals surface area contributed by atoms with Crippen LogP contribution < -0.4 is 5.32 Å². The third kappa shape index (κ3) is 3.26. The number of rotatable bonds is 4. The van der Waals surface area contributed by atoms with E-state index in [2.05, 4.69) is 30.2 Å². The second-order valence-electron chi connectivity index (χ2n) is 5.21. The predicted molar refractivity (Wildman–Crippen MR) is 95.7 cm³/mol. The van der Waals surface area contributed by atoms with Crippen molar-refractivity contribution < 1.29 is 4.79 Å². The molecule has 2 heterocycles. The van der Waals surface area contributed by atoms with Gasteiger partial charge < -0.3 is 0 Å². The maximum absolute atomic E-state index is 12.0. The van der Waals surface area contributed by atoms with Crippen molar-refractivity contribution in [3.8, 4) is 0 Å². The molecule has 0 atom stereocenters. The number of thiophene rings is 1. The molecule has 0 spiro atoms. The van der Waals surface area contributed by atoms with Gasteiger partial charge in [-0.3, -0.25) is 10.1 Å². The van der Waals surface area contributed by atoms with Crippen LogP contribution in [0.2, 0.25) is 0 Å². The normalized spacial score (nSPS) is 11.6. The van der Waals surface area contributed by atoms with E-state index < -0.39 is 0 Å². The smallest absolute Gasteiger partial charge is 0.250 e. The van der Waals surface area contributed by atoms with Gasteiger partial charge in [0, 0.05) is 11.0 Å². The lowest BCUT2D eigenvalue weighted by molar-refractivity contribution is -0.111. The van der Waals surface area contributed by atoms with Crippen molar-refractivity contribution >= 4 is 50.0 Å². The maximum Gasteiger partial charge on any atom is 0.250 e. The minimum Gasteiger partial charge on any atom is -0.298 e. The first kappa shape index (κ1) is 14.9. The summed E-state index contributed by atoms with van der Waals surface area (Å²) in [5, 5.41) is 5.47. The summed E-state index contributed by atoms with van der Waals surface area (Å²) >= 11 is 3.11. The lowest BCUT2D eigenvalue weighted by Crippen LogP contribution is -2.07. The lowest BCUT2D eigenvalue weighted by Gasteiger charge is -2.04. The zero-order chi connectivity index (χ0) is 15.5. The number of hydrogen-bond acceptors (Lipinski definition) is 4. The summed E-state index contributed by atoms with van der Waals surface area (Å²) in [4.78, 5) is 17.6. The number of aromatic nitrogens is 1. The Kier molecular flexibility index (Phi) is 4.36. The first-order valence-corrected chi connectivity index (χ1v) is 8.75. The van der Waals surface area contributed by atoms with E-state index in [4.69, 9.17) is 0 Å². The molecule has 1 N–H and O–H groups in total. The number of para-hydroxylation sites is 1. The number of benzene rings is 1. The Morgan fingerprint density at radius 3 is 2.86 bits per heavy atom. The summed E-state index contributed by atoms with van der Waals surface area (Å²) in [6, 6.07) is 10.1. The van der Waals surface area contributed by atoms with Gasteiger partial charge in [0.25, 0.3) is 0 Å². The second-order valence-corrected chi connectivity index (χ2v) is 7.22. The maximum atomic E-state index is 12.0. The van der Waals surface area contributed by atoms with Gasteiger partial charge in [0.05, 0.1) is 10.2 Å². The molecule has 0 saturated carbocycles. The van der Waals surface area contributed by atoms with E-state index in [-0.39, 0.29) is 5.91 Å². The molecule has 0 radical (unpaired) electrons. The van der Waals surface area contributed by atoms with E-state index in [1.165, 1.54) is 16.9 Å². The van der Waals surface area contributed by atoms with Crippen molar-refractivity contribution in [3.05, 3.63) is 52.2 Å². The molecule has 0 unspecified atom stereocenters. The van der Waals surface area contributed by atoms with Gasteiger partial charge in [0.15, 0.2) is 5.13 Å². The van der Waals surface area contributed by atoms with Crippen LogP contribution in [-0.4, -0.2) is 10.9 Å². The Balaban J connectivity index is 1.79. The zero-order valence-electron chi connectivity index (χ0n) is 12.4. The Morgan fingerprint density at radius 1 is 1.27 bits per heavy atom. The number of thiazole rings is 1. The third-order valence-electron chi connectivity index (χ3n) is 3.24. The number of carbonyl (C=O) groups is 1. The van der Waals surface area contributed by atoms with Crippen LogP contribution in [0.25, 0.3) is 16.3 Å². The summed E-state index contributed by atoms with van der Waals surface area (Å²) in [5.74, 6) is 0.256. The molecule has 0 bridgehead atoms. The quantitative estimate of drug-likeness (QED) is 0.674. The Hall–Kier alpha value is -1.98. The zero-order valence-corrected chi connectivity index (χ0v) is 14.0. The van der Waals surface area contributed by atoms with Gasteiger partial charge >= 0.3 is 0 Å². The number of carbonyl (C=O) groups excluding carboxylic acids is 1. The highest BCUT2D eigenvalue weighted by molar-refractivity contribution is 7.22. The van der Waals surface area contributed by atoms with E-state index in [0.29, 0.717) is 11.0 Å². The van der Waals surface area contributed by atoms with Crippen molar-refractivity contribution in [2.45, 2.75) is 19.8 Å². The summed E-state index contributed by atoms with van der Waals surface area (Å²) in [5.41, 5.74) is 2.20. The van der Waals surface area contributed by atoms with Crippen molar-refractivity contribution in [3.63, 3.8) is 0 Å². The second kappa shape index (κ2) is 6.42. The van der Waals surface area contributed by atoms with Crippen LogP contribution in [0.1, 0.15) is 30.2 Å². The molecule has 0 aliphatic rings. The van der Waals surface area contributed by atoms with Crippen LogP contribution in [0.3, 0.4) is 0 Å². The highest BCUT2D eigenvalue weighted by Crippen LogP contribution is 2.31. The number of anilines is 1. The topological polar surface area (TPSA) is 42.0 Å². The van der Waals surface area contributed by atoms with E-state index in [0.717, 1.165) is 15.1 Å². The van der Waals surface area contributed by atoms with Crippen molar-refractivity contribution in [2.24, 2.45) is 0 Å². The van der Waals surface area contributed by atoms with Crippen molar-refractivity contribution in [1.82, 2.24) is 4.98 Å². The van der Waals surface area contributed by atoms with Crippen LogP contribution in [0.4, 0.5) is 5.13 Å². The van der Waals surface area contributed by atoms with E-state index in [1.54, 1.807) is 17.4 Å². The number of nitrogens with zero attached hydrogens (tertiary/aromatic N) is 1. The Labute approximate surface area is 137 Å².